The molecule has 25 heavy (non-hydrogen) atoms. The number of methoxy groups -OCH3 is 1. The smallest absolute Gasteiger partial charge is 0.191 e. The normalized spacial score (nSPS) is 16.8. The minimum atomic E-state index is 0.332. The van der Waals surface area contributed by atoms with Gasteiger partial charge in [-0.1, -0.05) is 19.9 Å². The van der Waals surface area contributed by atoms with Gasteiger partial charge in [0.2, 0.25) is 0 Å². The van der Waals surface area contributed by atoms with Crippen LogP contribution in [0.25, 0.3) is 0 Å². The molecule has 0 spiro atoms. The molecule has 0 saturated heterocycles. The molecule has 0 aliphatic heterocycles. The third kappa shape index (κ3) is 5.83. The number of nitrogens with zero attached hydrogens (tertiary/aromatic N) is 1. The number of rotatable bonds is 7. The summed E-state index contributed by atoms with van der Waals surface area (Å²) in [4.78, 5) is 4.29. The van der Waals surface area contributed by atoms with Crippen LogP contribution in [0.5, 0.6) is 11.5 Å². The van der Waals surface area contributed by atoms with Gasteiger partial charge in [0.15, 0.2) is 17.5 Å². The minimum Gasteiger partial charge on any atom is -0.493 e. The zero-order valence-corrected chi connectivity index (χ0v) is 16.3. The molecule has 0 bridgehead atoms. The summed E-state index contributed by atoms with van der Waals surface area (Å²) >= 11 is 0. The number of hydrogen-bond acceptors (Lipinski definition) is 3. The molecule has 1 fully saturated rings. The summed E-state index contributed by atoms with van der Waals surface area (Å²) in [6, 6.07) is 6.50. The molecule has 1 aliphatic carbocycles. The van der Waals surface area contributed by atoms with Crippen LogP contribution in [0.15, 0.2) is 23.2 Å². The molecule has 2 rings (SSSR count). The van der Waals surface area contributed by atoms with Gasteiger partial charge >= 0.3 is 0 Å². The van der Waals surface area contributed by atoms with Crippen molar-refractivity contribution in [2.75, 3.05) is 14.2 Å². The molecule has 0 heterocycles. The Bertz CT molecular complexity index is 566. The van der Waals surface area contributed by atoms with Crippen molar-refractivity contribution < 1.29 is 9.47 Å². The molecular formula is C20H33N3O2. The second kappa shape index (κ2) is 9.54. The Morgan fingerprint density at radius 1 is 1.20 bits per heavy atom. The SMILES string of the molecule is CN=C(NCc1ccc(OC2CCCC2)c(OC)c1)NC(C)C(C)C. The van der Waals surface area contributed by atoms with E-state index in [1.807, 2.05) is 12.1 Å². The second-order valence-corrected chi connectivity index (χ2v) is 7.11. The molecule has 1 saturated carbocycles. The van der Waals surface area contributed by atoms with Crippen molar-refractivity contribution in [1.29, 1.82) is 0 Å². The quantitative estimate of drug-likeness (QED) is 0.583. The predicted molar refractivity (Wildman–Crippen MR) is 104 cm³/mol. The van der Waals surface area contributed by atoms with Gasteiger partial charge in [0, 0.05) is 19.6 Å². The van der Waals surface area contributed by atoms with Crippen LogP contribution >= 0.6 is 0 Å². The van der Waals surface area contributed by atoms with Gasteiger partial charge in [-0.2, -0.15) is 0 Å². The largest absolute Gasteiger partial charge is 0.493 e. The van der Waals surface area contributed by atoms with Crippen molar-refractivity contribution in [1.82, 2.24) is 10.6 Å². The van der Waals surface area contributed by atoms with Crippen molar-refractivity contribution >= 4 is 5.96 Å². The molecule has 0 amide bonds. The molecule has 1 aliphatic rings. The molecule has 1 aromatic rings. The van der Waals surface area contributed by atoms with E-state index < -0.39 is 0 Å². The van der Waals surface area contributed by atoms with E-state index in [9.17, 15) is 0 Å². The maximum Gasteiger partial charge on any atom is 0.191 e. The molecule has 0 radical (unpaired) electrons. The molecule has 140 valence electrons. The first kappa shape index (κ1) is 19.4. The molecule has 2 N–H and O–H groups in total. The maximum absolute atomic E-state index is 6.10. The fourth-order valence-electron chi connectivity index (χ4n) is 2.87. The Morgan fingerprint density at radius 2 is 1.92 bits per heavy atom. The average molecular weight is 348 g/mol. The van der Waals surface area contributed by atoms with E-state index in [0.717, 1.165) is 35.9 Å². The van der Waals surface area contributed by atoms with Crippen LogP contribution in [0.4, 0.5) is 0 Å². The van der Waals surface area contributed by atoms with Crippen LogP contribution in [0.1, 0.15) is 52.0 Å². The highest BCUT2D eigenvalue weighted by Gasteiger charge is 2.18. The maximum atomic E-state index is 6.10. The highest BCUT2D eigenvalue weighted by molar-refractivity contribution is 5.79. The lowest BCUT2D eigenvalue weighted by atomic mass is 10.1. The Hall–Kier alpha value is -1.91. The van der Waals surface area contributed by atoms with Crippen molar-refractivity contribution in [3.8, 4) is 11.5 Å². The average Bonchev–Trinajstić information content (AvgIpc) is 3.12. The zero-order valence-electron chi connectivity index (χ0n) is 16.3. The fraction of sp³-hybridized carbons (Fsp3) is 0.650. The fourth-order valence-corrected chi connectivity index (χ4v) is 2.87. The Labute approximate surface area is 152 Å². The van der Waals surface area contributed by atoms with Gasteiger partial charge in [-0.05, 0) is 56.2 Å². The summed E-state index contributed by atoms with van der Waals surface area (Å²) in [6.45, 7) is 7.23. The molecule has 0 aromatic heterocycles. The lowest BCUT2D eigenvalue weighted by Crippen LogP contribution is -2.43. The van der Waals surface area contributed by atoms with E-state index in [2.05, 4.69) is 42.5 Å². The van der Waals surface area contributed by atoms with Gasteiger partial charge in [-0.3, -0.25) is 4.99 Å². The molecule has 5 heteroatoms. The Morgan fingerprint density at radius 3 is 2.52 bits per heavy atom. The van der Waals surface area contributed by atoms with Crippen molar-refractivity contribution in [3.05, 3.63) is 23.8 Å². The number of aliphatic imine (C=N–C) groups is 1. The Balaban J connectivity index is 1.95. The third-order valence-corrected chi connectivity index (χ3v) is 4.87. The third-order valence-electron chi connectivity index (χ3n) is 4.87. The van der Waals surface area contributed by atoms with Crippen molar-refractivity contribution in [3.63, 3.8) is 0 Å². The van der Waals surface area contributed by atoms with E-state index in [1.165, 1.54) is 12.8 Å². The number of hydrogen-bond donors (Lipinski definition) is 2. The molecule has 5 nitrogen and oxygen atoms in total. The lowest BCUT2D eigenvalue weighted by molar-refractivity contribution is 0.200. The first-order valence-electron chi connectivity index (χ1n) is 9.34. The standard InChI is InChI=1S/C20H33N3O2/c1-14(2)15(3)23-20(21-4)22-13-16-10-11-18(19(12-16)24-5)25-17-8-6-7-9-17/h10-12,14-15,17H,6-9,13H2,1-5H3,(H2,21,22,23). The second-order valence-electron chi connectivity index (χ2n) is 7.11. The summed E-state index contributed by atoms with van der Waals surface area (Å²) in [5.74, 6) is 3.00. The Kier molecular flexibility index (Phi) is 7.41. The van der Waals surface area contributed by atoms with Crippen LogP contribution in [0.3, 0.4) is 0 Å². The van der Waals surface area contributed by atoms with Crippen LogP contribution < -0.4 is 20.1 Å². The van der Waals surface area contributed by atoms with Gasteiger partial charge in [0.1, 0.15) is 0 Å². The highest BCUT2D eigenvalue weighted by atomic mass is 16.5. The first-order chi connectivity index (χ1) is 12.0. The predicted octanol–water partition coefficient (Wildman–Crippen LogP) is 3.73. The molecule has 1 unspecified atom stereocenters. The minimum absolute atomic E-state index is 0.332. The summed E-state index contributed by atoms with van der Waals surface area (Å²) in [5.41, 5.74) is 1.13. The topological polar surface area (TPSA) is 54.9 Å². The first-order valence-corrected chi connectivity index (χ1v) is 9.34. The van der Waals surface area contributed by atoms with Gasteiger partial charge in [-0.15, -0.1) is 0 Å². The van der Waals surface area contributed by atoms with E-state index in [0.29, 0.717) is 24.6 Å². The number of benzene rings is 1. The summed E-state index contributed by atoms with van der Waals surface area (Å²) in [7, 11) is 3.49. The van der Waals surface area contributed by atoms with Crippen molar-refractivity contribution in [2.24, 2.45) is 10.9 Å². The lowest BCUT2D eigenvalue weighted by Gasteiger charge is -2.21. The van der Waals surface area contributed by atoms with E-state index >= 15 is 0 Å². The summed E-state index contributed by atoms with van der Waals surface area (Å²) in [6.07, 6.45) is 5.13. The van der Waals surface area contributed by atoms with Crippen molar-refractivity contribution in [2.45, 2.75) is 65.1 Å². The zero-order chi connectivity index (χ0) is 18.2. The van der Waals surface area contributed by atoms with Crippen LogP contribution in [0, 0.1) is 5.92 Å². The van der Waals surface area contributed by atoms with Crippen LogP contribution in [0.2, 0.25) is 0 Å². The number of guanidine groups is 1. The number of ether oxygens (including phenoxy) is 2. The number of nitrogens with one attached hydrogen (secondary N) is 2. The van der Waals surface area contributed by atoms with Gasteiger partial charge in [-0.25, -0.2) is 0 Å². The summed E-state index contributed by atoms with van der Waals surface area (Å²) < 4.78 is 11.6. The molecule has 1 aromatic carbocycles. The van der Waals surface area contributed by atoms with Gasteiger partial charge in [0.25, 0.3) is 0 Å². The highest BCUT2D eigenvalue weighted by Crippen LogP contribution is 2.32. The van der Waals surface area contributed by atoms with Gasteiger partial charge in [0.05, 0.1) is 13.2 Å². The van der Waals surface area contributed by atoms with E-state index in [-0.39, 0.29) is 0 Å². The summed E-state index contributed by atoms with van der Waals surface area (Å²) in [5, 5.41) is 6.77. The monoisotopic (exact) mass is 347 g/mol. The van der Waals surface area contributed by atoms with Crippen LogP contribution in [-0.4, -0.2) is 32.3 Å². The molecule has 1 atom stereocenters. The van der Waals surface area contributed by atoms with Gasteiger partial charge < -0.3 is 20.1 Å². The van der Waals surface area contributed by atoms with E-state index in [4.69, 9.17) is 9.47 Å². The van der Waals surface area contributed by atoms with E-state index in [1.54, 1.807) is 14.2 Å². The molecular weight excluding hydrogens is 314 g/mol. The van der Waals surface area contributed by atoms with Crippen LogP contribution in [-0.2, 0) is 6.54 Å².